The highest BCUT2D eigenvalue weighted by molar-refractivity contribution is 5.92. The molecule has 3 N–H and O–H groups in total. The highest BCUT2D eigenvalue weighted by Crippen LogP contribution is 2.05. The molecule has 1 amide bonds. The molecule has 0 aliphatic rings. The molecule has 1 atom stereocenters. The van der Waals surface area contributed by atoms with E-state index in [0.717, 1.165) is 12.1 Å². The van der Waals surface area contributed by atoms with Gasteiger partial charge in [0.25, 0.3) is 5.91 Å². The van der Waals surface area contributed by atoms with Crippen LogP contribution in [-0.4, -0.2) is 28.3 Å². The van der Waals surface area contributed by atoms with Crippen LogP contribution < -0.4 is 11.1 Å². The van der Waals surface area contributed by atoms with Crippen LogP contribution in [0.1, 0.15) is 37.0 Å². The second kappa shape index (κ2) is 5.65. The summed E-state index contributed by atoms with van der Waals surface area (Å²) < 4.78 is 1.72. The Kier molecular flexibility index (Phi) is 4.49. The van der Waals surface area contributed by atoms with Gasteiger partial charge in [-0.25, -0.2) is 0 Å². The van der Waals surface area contributed by atoms with Crippen molar-refractivity contribution in [2.75, 3.05) is 6.54 Å². The Morgan fingerprint density at radius 1 is 1.62 bits per heavy atom. The van der Waals surface area contributed by atoms with Gasteiger partial charge in [0.15, 0.2) is 0 Å². The third kappa shape index (κ3) is 2.82. The quantitative estimate of drug-likeness (QED) is 0.766. The topological polar surface area (TPSA) is 72.9 Å². The third-order valence-electron chi connectivity index (χ3n) is 2.46. The predicted molar refractivity (Wildman–Crippen MR) is 63.3 cm³/mol. The summed E-state index contributed by atoms with van der Waals surface area (Å²) in [7, 11) is 0. The summed E-state index contributed by atoms with van der Waals surface area (Å²) in [6, 6.07) is 1.82. The van der Waals surface area contributed by atoms with Crippen molar-refractivity contribution >= 4 is 5.91 Å². The van der Waals surface area contributed by atoms with Gasteiger partial charge in [0.05, 0.1) is 5.69 Å². The zero-order valence-corrected chi connectivity index (χ0v) is 10.2. The molecule has 0 radical (unpaired) electrons. The first-order valence-corrected chi connectivity index (χ1v) is 5.70. The molecule has 0 spiro atoms. The zero-order chi connectivity index (χ0) is 12.1. The summed E-state index contributed by atoms with van der Waals surface area (Å²) in [5, 5.41) is 7.16. The largest absolute Gasteiger partial charge is 0.347 e. The molecular formula is C11H20N4O. The monoisotopic (exact) mass is 224 g/mol. The molecule has 0 aromatic carbocycles. The molecule has 1 rings (SSSR count). The molecule has 1 heterocycles. The Balaban J connectivity index is 2.85. The lowest BCUT2D eigenvalue weighted by Gasteiger charge is -2.11. The molecule has 5 heteroatoms. The van der Waals surface area contributed by atoms with Gasteiger partial charge in [-0.05, 0) is 26.3 Å². The molecule has 16 heavy (non-hydrogen) atoms. The number of carbonyl (C=O) groups excluding carboxylic acids is 1. The van der Waals surface area contributed by atoms with E-state index in [-0.39, 0.29) is 11.9 Å². The van der Waals surface area contributed by atoms with Crippen molar-refractivity contribution in [1.29, 1.82) is 0 Å². The van der Waals surface area contributed by atoms with E-state index in [0.29, 0.717) is 18.8 Å². The minimum atomic E-state index is -0.105. The molecule has 0 saturated heterocycles. The average molecular weight is 224 g/mol. The van der Waals surface area contributed by atoms with Gasteiger partial charge in [0.2, 0.25) is 0 Å². The van der Waals surface area contributed by atoms with Crippen molar-refractivity contribution in [3.63, 3.8) is 0 Å². The van der Waals surface area contributed by atoms with Gasteiger partial charge in [-0.1, -0.05) is 6.92 Å². The van der Waals surface area contributed by atoms with Crippen molar-refractivity contribution in [3.05, 3.63) is 17.5 Å². The van der Waals surface area contributed by atoms with Gasteiger partial charge in [0.1, 0.15) is 5.69 Å². The molecule has 1 aromatic rings. The molecule has 0 aliphatic carbocycles. The van der Waals surface area contributed by atoms with Gasteiger partial charge < -0.3 is 11.1 Å². The summed E-state index contributed by atoms with van der Waals surface area (Å²) in [5.74, 6) is -0.105. The van der Waals surface area contributed by atoms with E-state index in [1.54, 1.807) is 4.68 Å². The lowest BCUT2D eigenvalue weighted by molar-refractivity contribution is 0.0930. The Morgan fingerprint density at radius 3 is 2.81 bits per heavy atom. The van der Waals surface area contributed by atoms with Crippen LogP contribution in [0.4, 0.5) is 0 Å². The van der Waals surface area contributed by atoms with Crippen molar-refractivity contribution in [2.45, 2.75) is 39.8 Å². The number of nitrogens with two attached hydrogens (primary N) is 1. The Hall–Kier alpha value is -1.36. The fourth-order valence-electron chi connectivity index (χ4n) is 1.42. The Bertz CT molecular complexity index is 359. The second-order valence-corrected chi connectivity index (χ2v) is 3.80. The summed E-state index contributed by atoms with van der Waals surface area (Å²) in [5.41, 5.74) is 7.01. The highest BCUT2D eigenvalue weighted by atomic mass is 16.2. The summed E-state index contributed by atoms with van der Waals surface area (Å²) in [6.45, 7) is 7.00. The molecule has 90 valence electrons. The number of aromatic nitrogens is 2. The van der Waals surface area contributed by atoms with Crippen LogP contribution in [0.25, 0.3) is 0 Å². The van der Waals surface area contributed by atoms with Crippen LogP contribution in [0.3, 0.4) is 0 Å². The molecule has 5 nitrogen and oxygen atoms in total. The standard InChI is InChI=1S/C11H20N4O/c1-4-9-6-10(15(5-2)14-9)11(16)13-8(3)7-12/h6,8H,4-5,7,12H2,1-3H3,(H,13,16)/t8-/m1/s1. The average Bonchev–Trinajstić information content (AvgIpc) is 2.71. The van der Waals surface area contributed by atoms with E-state index < -0.39 is 0 Å². The van der Waals surface area contributed by atoms with E-state index in [2.05, 4.69) is 10.4 Å². The van der Waals surface area contributed by atoms with Gasteiger partial charge >= 0.3 is 0 Å². The first-order chi connectivity index (χ1) is 7.62. The highest BCUT2D eigenvalue weighted by Gasteiger charge is 2.15. The fourth-order valence-corrected chi connectivity index (χ4v) is 1.42. The first kappa shape index (κ1) is 12.7. The summed E-state index contributed by atoms with van der Waals surface area (Å²) in [6.07, 6.45) is 0.833. The summed E-state index contributed by atoms with van der Waals surface area (Å²) in [4.78, 5) is 11.9. The number of nitrogens with zero attached hydrogens (tertiary/aromatic N) is 2. The number of carbonyl (C=O) groups is 1. The number of nitrogens with one attached hydrogen (secondary N) is 1. The predicted octanol–water partition coefficient (Wildman–Crippen LogP) is 0.542. The second-order valence-electron chi connectivity index (χ2n) is 3.80. The van der Waals surface area contributed by atoms with Crippen LogP contribution >= 0.6 is 0 Å². The number of rotatable bonds is 5. The Morgan fingerprint density at radius 2 is 2.31 bits per heavy atom. The van der Waals surface area contributed by atoms with Crippen LogP contribution in [0.5, 0.6) is 0 Å². The van der Waals surface area contributed by atoms with Gasteiger partial charge in [-0.3, -0.25) is 9.48 Å². The smallest absolute Gasteiger partial charge is 0.269 e. The van der Waals surface area contributed by atoms with Crippen LogP contribution in [0.15, 0.2) is 6.07 Å². The van der Waals surface area contributed by atoms with Crippen molar-refractivity contribution in [3.8, 4) is 0 Å². The Labute approximate surface area is 96.0 Å². The molecule has 0 bridgehead atoms. The molecular weight excluding hydrogens is 204 g/mol. The molecule has 0 aliphatic heterocycles. The minimum Gasteiger partial charge on any atom is -0.347 e. The fraction of sp³-hybridized carbons (Fsp3) is 0.636. The molecule has 0 saturated carbocycles. The van der Waals surface area contributed by atoms with Gasteiger partial charge in [-0.2, -0.15) is 5.10 Å². The maximum absolute atomic E-state index is 11.9. The number of hydrogen-bond donors (Lipinski definition) is 2. The van der Waals surface area contributed by atoms with Gasteiger partial charge in [0, 0.05) is 19.1 Å². The number of amides is 1. The van der Waals surface area contributed by atoms with E-state index in [1.165, 1.54) is 0 Å². The molecule has 0 fully saturated rings. The van der Waals surface area contributed by atoms with E-state index in [4.69, 9.17) is 5.73 Å². The van der Waals surface area contributed by atoms with Crippen LogP contribution in [0, 0.1) is 0 Å². The van der Waals surface area contributed by atoms with Crippen LogP contribution in [-0.2, 0) is 13.0 Å². The number of hydrogen-bond acceptors (Lipinski definition) is 3. The number of aryl methyl sites for hydroxylation is 2. The van der Waals surface area contributed by atoms with Gasteiger partial charge in [-0.15, -0.1) is 0 Å². The van der Waals surface area contributed by atoms with Crippen molar-refractivity contribution < 1.29 is 4.79 Å². The lowest BCUT2D eigenvalue weighted by Crippen LogP contribution is -2.38. The van der Waals surface area contributed by atoms with E-state index in [9.17, 15) is 4.79 Å². The SMILES string of the molecule is CCc1cc(C(=O)N[C@H](C)CN)n(CC)n1. The first-order valence-electron chi connectivity index (χ1n) is 5.70. The maximum atomic E-state index is 11.9. The molecule has 1 aromatic heterocycles. The summed E-state index contributed by atoms with van der Waals surface area (Å²) >= 11 is 0. The van der Waals surface area contributed by atoms with E-state index >= 15 is 0 Å². The van der Waals surface area contributed by atoms with Crippen molar-refractivity contribution in [1.82, 2.24) is 15.1 Å². The molecule has 0 unspecified atom stereocenters. The zero-order valence-electron chi connectivity index (χ0n) is 10.2. The van der Waals surface area contributed by atoms with E-state index in [1.807, 2.05) is 26.8 Å². The minimum absolute atomic E-state index is 0.0159. The normalized spacial score (nSPS) is 12.5. The van der Waals surface area contributed by atoms with Crippen molar-refractivity contribution in [2.24, 2.45) is 5.73 Å². The third-order valence-corrected chi connectivity index (χ3v) is 2.46. The maximum Gasteiger partial charge on any atom is 0.269 e. The lowest BCUT2D eigenvalue weighted by atomic mass is 10.2. The van der Waals surface area contributed by atoms with Crippen LogP contribution in [0.2, 0.25) is 0 Å².